The molecule has 1 aliphatic carbocycles. The van der Waals surface area contributed by atoms with Crippen molar-refractivity contribution in [2.24, 2.45) is 0 Å². The Balaban J connectivity index is 1.92. The van der Waals surface area contributed by atoms with Gasteiger partial charge in [-0.15, -0.1) is 0 Å². The molecule has 1 saturated carbocycles. The summed E-state index contributed by atoms with van der Waals surface area (Å²) >= 11 is 0. The molecule has 3 nitrogen and oxygen atoms in total. The zero-order chi connectivity index (χ0) is 13.0. The van der Waals surface area contributed by atoms with Gasteiger partial charge in [0, 0.05) is 24.7 Å². The molecule has 0 atom stereocenters. The van der Waals surface area contributed by atoms with Crippen LogP contribution in [0.15, 0.2) is 24.3 Å². The quantitative estimate of drug-likeness (QED) is 0.857. The molecule has 98 valence electrons. The van der Waals surface area contributed by atoms with Crippen LogP contribution >= 0.6 is 0 Å². The fraction of sp³-hybridized carbons (Fsp3) is 0.533. The lowest BCUT2D eigenvalue weighted by atomic mass is 10.00. The molecule has 0 heterocycles. The van der Waals surface area contributed by atoms with Gasteiger partial charge in [0.25, 0.3) is 5.91 Å². The van der Waals surface area contributed by atoms with E-state index in [0.29, 0.717) is 11.1 Å². The monoisotopic (exact) mass is 246 g/mol. The highest BCUT2D eigenvalue weighted by molar-refractivity contribution is 5.93. The van der Waals surface area contributed by atoms with E-state index in [1.807, 2.05) is 24.3 Å². The zero-order valence-electron chi connectivity index (χ0n) is 11.3. The second-order valence-corrected chi connectivity index (χ2v) is 5.40. The Bertz CT molecular complexity index is 405. The van der Waals surface area contributed by atoms with Gasteiger partial charge < -0.3 is 10.6 Å². The van der Waals surface area contributed by atoms with E-state index < -0.39 is 0 Å². The Morgan fingerprint density at radius 1 is 1.22 bits per heavy atom. The molecule has 2 N–H and O–H groups in total. The molecule has 1 aromatic carbocycles. The first-order valence-corrected chi connectivity index (χ1v) is 6.69. The Morgan fingerprint density at radius 3 is 2.39 bits per heavy atom. The van der Waals surface area contributed by atoms with Crippen molar-refractivity contribution in [1.29, 1.82) is 0 Å². The maximum atomic E-state index is 11.4. The third-order valence-corrected chi connectivity index (χ3v) is 3.87. The normalized spacial score (nSPS) is 17.7. The molecule has 0 spiro atoms. The molecule has 1 amide bonds. The summed E-state index contributed by atoms with van der Waals surface area (Å²) in [4.78, 5) is 11.4. The van der Waals surface area contributed by atoms with E-state index in [2.05, 4.69) is 17.6 Å². The van der Waals surface area contributed by atoms with Crippen LogP contribution in [0.4, 0.5) is 0 Å². The van der Waals surface area contributed by atoms with Crippen LogP contribution in [-0.4, -0.2) is 18.5 Å². The summed E-state index contributed by atoms with van der Waals surface area (Å²) in [5.74, 6) is -0.0303. The molecule has 3 heteroatoms. The van der Waals surface area contributed by atoms with Crippen molar-refractivity contribution in [2.45, 2.75) is 44.7 Å². The van der Waals surface area contributed by atoms with Crippen LogP contribution in [0.3, 0.4) is 0 Å². The van der Waals surface area contributed by atoms with Gasteiger partial charge >= 0.3 is 0 Å². The number of rotatable bonds is 4. The third-order valence-electron chi connectivity index (χ3n) is 3.87. The van der Waals surface area contributed by atoms with Crippen LogP contribution in [0.5, 0.6) is 0 Å². The minimum absolute atomic E-state index is 0.0303. The molecule has 0 unspecified atom stereocenters. The van der Waals surface area contributed by atoms with Gasteiger partial charge in [-0.3, -0.25) is 4.79 Å². The molecule has 0 aromatic heterocycles. The first kappa shape index (κ1) is 13.1. The lowest BCUT2D eigenvalue weighted by Gasteiger charge is -2.25. The molecule has 0 radical (unpaired) electrons. The van der Waals surface area contributed by atoms with Crippen LogP contribution in [-0.2, 0) is 6.54 Å². The van der Waals surface area contributed by atoms with Crippen LogP contribution in [0, 0.1) is 0 Å². The third kappa shape index (κ3) is 3.10. The van der Waals surface area contributed by atoms with Crippen molar-refractivity contribution in [2.75, 3.05) is 7.05 Å². The Hall–Kier alpha value is -1.35. The molecule has 1 aromatic rings. The SMILES string of the molecule is CNC(=O)c1ccc(CNC2(C)CCCC2)cc1. The van der Waals surface area contributed by atoms with E-state index in [1.54, 1.807) is 7.05 Å². The molecular weight excluding hydrogens is 224 g/mol. The molecular formula is C15H22N2O. The lowest BCUT2D eigenvalue weighted by Crippen LogP contribution is -2.38. The van der Waals surface area contributed by atoms with Gasteiger partial charge in [-0.25, -0.2) is 0 Å². The highest BCUT2D eigenvalue weighted by Crippen LogP contribution is 2.29. The summed E-state index contributed by atoms with van der Waals surface area (Å²) in [6.45, 7) is 3.18. The average Bonchev–Trinajstić information content (AvgIpc) is 2.83. The molecule has 0 bridgehead atoms. The Labute approximate surface area is 109 Å². The smallest absolute Gasteiger partial charge is 0.251 e. The van der Waals surface area contributed by atoms with Gasteiger partial charge in [-0.1, -0.05) is 25.0 Å². The fourth-order valence-corrected chi connectivity index (χ4v) is 2.57. The number of nitrogens with one attached hydrogen (secondary N) is 2. The molecule has 0 aliphatic heterocycles. The average molecular weight is 246 g/mol. The van der Waals surface area contributed by atoms with Crippen molar-refractivity contribution in [1.82, 2.24) is 10.6 Å². The summed E-state index contributed by atoms with van der Waals surface area (Å²) in [5, 5.41) is 6.27. The first-order chi connectivity index (χ1) is 8.63. The van der Waals surface area contributed by atoms with Crippen molar-refractivity contribution in [3.63, 3.8) is 0 Å². The maximum absolute atomic E-state index is 11.4. The molecule has 0 saturated heterocycles. The van der Waals surface area contributed by atoms with Crippen molar-refractivity contribution < 1.29 is 4.79 Å². The van der Waals surface area contributed by atoms with Gasteiger partial charge in [0.1, 0.15) is 0 Å². The first-order valence-electron chi connectivity index (χ1n) is 6.69. The van der Waals surface area contributed by atoms with Crippen LogP contribution in [0.25, 0.3) is 0 Å². The van der Waals surface area contributed by atoms with Crippen molar-refractivity contribution >= 4 is 5.91 Å². The van der Waals surface area contributed by atoms with E-state index >= 15 is 0 Å². The Kier molecular flexibility index (Phi) is 4.02. The van der Waals surface area contributed by atoms with E-state index in [9.17, 15) is 4.79 Å². The minimum atomic E-state index is -0.0303. The minimum Gasteiger partial charge on any atom is -0.355 e. The predicted octanol–water partition coefficient (Wildman–Crippen LogP) is 2.47. The zero-order valence-corrected chi connectivity index (χ0v) is 11.3. The summed E-state index contributed by atoms with van der Waals surface area (Å²) in [6, 6.07) is 7.81. The van der Waals surface area contributed by atoms with Crippen molar-refractivity contribution in [3.8, 4) is 0 Å². The standard InChI is InChI=1S/C15H22N2O/c1-15(9-3-4-10-15)17-11-12-5-7-13(8-6-12)14(18)16-2/h5-8,17H,3-4,9-11H2,1-2H3,(H,16,18). The second kappa shape index (κ2) is 5.53. The lowest BCUT2D eigenvalue weighted by molar-refractivity contribution is 0.0963. The number of hydrogen-bond donors (Lipinski definition) is 2. The van der Waals surface area contributed by atoms with Gasteiger partial charge in [0.2, 0.25) is 0 Å². The topological polar surface area (TPSA) is 41.1 Å². The number of carbonyl (C=O) groups is 1. The van der Waals surface area contributed by atoms with Gasteiger partial charge in [0.05, 0.1) is 0 Å². The summed E-state index contributed by atoms with van der Waals surface area (Å²) in [6.07, 6.45) is 5.20. The number of hydrogen-bond acceptors (Lipinski definition) is 2. The number of carbonyl (C=O) groups excluding carboxylic acids is 1. The van der Waals surface area contributed by atoms with E-state index in [-0.39, 0.29) is 5.91 Å². The predicted molar refractivity (Wildman–Crippen MR) is 73.5 cm³/mol. The summed E-state index contributed by atoms with van der Waals surface area (Å²) in [7, 11) is 1.65. The molecule has 1 aliphatic rings. The summed E-state index contributed by atoms with van der Waals surface area (Å²) in [5.41, 5.74) is 2.25. The fourth-order valence-electron chi connectivity index (χ4n) is 2.57. The van der Waals surface area contributed by atoms with Crippen LogP contribution in [0.2, 0.25) is 0 Å². The highest BCUT2D eigenvalue weighted by Gasteiger charge is 2.27. The largest absolute Gasteiger partial charge is 0.355 e. The van der Waals surface area contributed by atoms with Crippen LogP contribution in [0.1, 0.15) is 48.5 Å². The van der Waals surface area contributed by atoms with Gasteiger partial charge in [-0.05, 0) is 37.5 Å². The number of benzene rings is 1. The second-order valence-electron chi connectivity index (χ2n) is 5.40. The molecule has 1 fully saturated rings. The summed E-state index contributed by atoms with van der Waals surface area (Å²) < 4.78 is 0. The van der Waals surface area contributed by atoms with E-state index in [1.165, 1.54) is 31.2 Å². The number of amides is 1. The molecule has 18 heavy (non-hydrogen) atoms. The van der Waals surface area contributed by atoms with Gasteiger partial charge in [0.15, 0.2) is 0 Å². The highest BCUT2D eigenvalue weighted by atomic mass is 16.1. The van der Waals surface area contributed by atoms with Crippen LogP contribution < -0.4 is 10.6 Å². The molecule has 2 rings (SSSR count). The Morgan fingerprint density at radius 2 is 1.83 bits per heavy atom. The van der Waals surface area contributed by atoms with E-state index in [4.69, 9.17) is 0 Å². The van der Waals surface area contributed by atoms with Crippen molar-refractivity contribution in [3.05, 3.63) is 35.4 Å². The van der Waals surface area contributed by atoms with E-state index in [0.717, 1.165) is 6.54 Å². The maximum Gasteiger partial charge on any atom is 0.251 e. The van der Waals surface area contributed by atoms with Gasteiger partial charge in [-0.2, -0.15) is 0 Å².